The average molecular weight is 457 g/mol. The van der Waals surface area contributed by atoms with Crippen molar-refractivity contribution in [2.75, 3.05) is 13.2 Å². The first kappa shape index (κ1) is 25.7. The maximum atomic E-state index is 12.5. The van der Waals surface area contributed by atoms with Crippen LogP contribution in [0.2, 0.25) is 0 Å². The highest BCUT2D eigenvalue weighted by Crippen LogP contribution is 2.19. The second-order valence-electron chi connectivity index (χ2n) is 8.32. The number of benzene rings is 2. The minimum Gasteiger partial charge on any atom is -0.462 e. The van der Waals surface area contributed by atoms with Gasteiger partial charge in [0.2, 0.25) is 0 Å². The van der Waals surface area contributed by atoms with Crippen LogP contribution < -0.4 is 10.6 Å². The predicted molar refractivity (Wildman–Crippen MR) is 124 cm³/mol. The number of rotatable bonds is 9. The molecule has 0 radical (unpaired) electrons. The van der Waals surface area contributed by atoms with Crippen LogP contribution in [0.25, 0.3) is 0 Å². The largest absolute Gasteiger partial charge is 0.462 e. The van der Waals surface area contributed by atoms with Gasteiger partial charge in [0.05, 0.1) is 18.2 Å². The highest BCUT2D eigenvalue weighted by atomic mass is 16.6. The molecule has 0 aromatic heterocycles. The van der Waals surface area contributed by atoms with Crippen molar-refractivity contribution < 1.29 is 28.6 Å². The number of nitrogens with one attached hydrogen (secondary N) is 2. The quantitative estimate of drug-likeness (QED) is 0.417. The minimum atomic E-state index is -0.614. The molecule has 0 aliphatic rings. The number of carbonyl (C=O) groups excluding carboxylic acids is 3. The molecule has 0 spiro atoms. The summed E-state index contributed by atoms with van der Waals surface area (Å²) < 4.78 is 15.6. The Kier molecular flexibility index (Phi) is 9.72. The van der Waals surface area contributed by atoms with E-state index in [9.17, 15) is 14.4 Å². The Bertz CT molecular complexity index is 924. The van der Waals surface area contributed by atoms with Crippen LogP contribution in [0.1, 0.15) is 61.6 Å². The predicted octanol–water partition coefficient (Wildman–Crippen LogP) is 4.75. The molecule has 0 aliphatic heterocycles. The summed E-state index contributed by atoms with van der Waals surface area (Å²) in [6.45, 7) is 7.69. The van der Waals surface area contributed by atoms with E-state index in [2.05, 4.69) is 10.6 Å². The summed E-state index contributed by atoms with van der Waals surface area (Å²) >= 11 is 0. The fraction of sp³-hybridized carbons (Fsp3) is 0.400. The number of hydrogen-bond acceptors (Lipinski definition) is 6. The summed E-state index contributed by atoms with van der Waals surface area (Å²) in [7, 11) is 0. The molecule has 2 aromatic carbocycles. The first-order chi connectivity index (χ1) is 15.7. The molecule has 8 heteroatoms. The molecule has 2 N–H and O–H groups in total. The van der Waals surface area contributed by atoms with Crippen molar-refractivity contribution in [2.24, 2.45) is 0 Å². The molecule has 0 bridgehead atoms. The van der Waals surface area contributed by atoms with Gasteiger partial charge in [-0.05, 0) is 57.4 Å². The fourth-order valence-electron chi connectivity index (χ4n) is 2.96. The lowest BCUT2D eigenvalue weighted by atomic mass is 10.0. The van der Waals surface area contributed by atoms with Crippen molar-refractivity contribution >= 4 is 18.2 Å². The summed E-state index contributed by atoms with van der Waals surface area (Å²) in [4.78, 5) is 36.6. The molecule has 0 unspecified atom stereocenters. The summed E-state index contributed by atoms with van der Waals surface area (Å²) in [5.41, 5.74) is 1.30. The van der Waals surface area contributed by atoms with Crippen molar-refractivity contribution in [3.63, 3.8) is 0 Å². The first-order valence-electron chi connectivity index (χ1n) is 10.9. The van der Waals surface area contributed by atoms with Gasteiger partial charge in [0.15, 0.2) is 0 Å². The number of esters is 1. The molecule has 0 fully saturated rings. The minimum absolute atomic E-state index is 0.123. The van der Waals surface area contributed by atoms with E-state index in [-0.39, 0.29) is 19.8 Å². The molecule has 1 atom stereocenters. The third-order valence-corrected chi connectivity index (χ3v) is 4.41. The van der Waals surface area contributed by atoms with Crippen LogP contribution in [-0.2, 0) is 20.8 Å². The van der Waals surface area contributed by atoms with Crippen molar-refractivity contribution in [1.82, 2.24) is 10.6 Å². The van der Waals surface area contributed by atoms with Crippen molar-refractivity contribution in [3.8, 4) is 0 Å². The highest BCUT2D eigenvalue weighted by Gasteiger charge is 2.20. The van der Waals surface area contributed by atoms with Gasteiger partial charge in [-0.1, -0.05) is 42.5 Å². The van der Waals surface area contributed by atoms with E-state index >= 15 is 0 Å². The zero-order valence-corrected chi connectivity index (χ0v) is 19.6. The van der Waals surface area contributed by atoms with E-state index < -0.39 is 29.8 Å². The SMILES string of the molecule is CCOC(=O)c1cccc([C@@H](CCNC(=O)OC(C)(C)C)NC(=O)OCc2ccccc2)c1. The number of carbonyl (C=O) groups is 3. The van der Waals surface area contributed by atoms with E-state index in [4.69, 9.17) is 14.2 Å². The normalized spacial score (nSPS) is 11.8. The van der Waals surface area contributed by atoms with Gasteiger partial charge in [0, 0.05) is 6.54 Å². The molecular formula is C25H32N2O6. The van der Waals surface area contributed by atoms with Gasteiger partial charge in [0.25, 0.3) is 0 Å². The standard InChI is InChI=1S/C25H32N2O6/c1-5-31-22(28)20-13-9-12-19(16-20)21(14-15-26-23(29)33-25(2,3)4)27-24(30)32-17-18-10-7-6-8-11-18/h6-13,16,21H,5,14-15,17H2,1-4H3,(H,26,29)(H,27,30)/t21-/m1/s1. The van der Waals surface area contributed by atoms with Gasteiger partial charge in [0.1, 0.15) is 12.2 Å². The Morgan fingerprint density at radius 2 is 1.67 bits per heavy atom. The average Bonchev–Trinajstić information content (AvgIpc) is 2.77. The smallest absolute Gasteiger partial charge is 0.407 e. The molecule has 178 valence electrons. The molecule has 0 saturated carbocycles. The monoisotopic (exact) mass is 456 g/mol. The molecule has 33 heavy (non-hydrogen) atoms. The van der Waals surface area contributed by atoms with Gasteiger partial charge >= 0.3 is 18.2 Å². The van der Waals surface area contributed by atoms with E-state index in [1.54, 1.807) is 52.0 Å². The van der Waals surface area contributed by atoms with Crippen LogP contribution in [0, 0.1) is 0 Å². The van der Waals surface area contributed by atoms with Crippen LogP contribution in [0.3, 0.4) is 0 Å². The summed E-state index contributed by atoms with van der Waals surface area (Å²) in [5, 5.41) is 5.50. The van der Waals surface area contributed by atoms with Gasteiger partial charge in [-0.15, -0.1) is 0 Å². The fourth-order valence-corrected chi connectivity index (χ4v) is 2.96. The number of amides is 2. The van der Waals surface area contributed by atoms with E-state index in [1.807, 2.05) is 30.3 Å². The second kappa shape index (κ2) is 12.5. The van der Waals surface area contributed by atoms with Gasteiger partial charge < -0.3 is 24.8 Å². The second-order valence-corrected chi connectivity index (χ2v) is 8.32. The summed E-state index contributed by atoms with van der Waals surface area (Å²) in [6, 6.07) is 15.6. The Morgan fingerprint density at radius 1 is 0.939 bits per heavy atom. The molecule has 0 saturated heterocycles. The molecule has 2 amide bonds. The molecule has 0 aliphatic carbocycles. The van der Waals surface area contributed by atoms with E-state index in [0.717, 1.165) is 5.56 Å². The van der Waals surface area contributed by atoms with Crippen LogP contribution in [0.4, 0.5) is 9.59 Å². The lowest BCUT2D eigenvalue weighted by Gasteiger charge is -2.22. The van der Waals surface area contributed by atoms with Crippen molar-refractivity contribution in [2.45, 2.75) is 52.4 Å². The topological polar surface area (TPSA) is 103 Å². The molecule has 2 aromatic rings. The Balaban J connectivity index is 2.07. The molecule has 2 rings (SSSR count). The molecular weight excluding hydrogens is 424 g/mol. The van der Waals surface area contributed by atoms with Crippen LogP contribution in [0.15, 0.2) is 54.6 Å². The Morgan fingerprint density at radius 3 is 2.33 bits per heavy atom. The van der Waals surface area contributed by atoms with E-state index in [1.165, 1.54) is 0 Å². The zero-order chi connectivity index (χ0) is 24.3. The van der Waals surface area contributed by atoms with E-state index in [0.29, 0.717) is 17.5 Å². The third kappa shape index (κ3) is 9.64. The lowest BCUT2D eigenvalue weighted by molar-refractivity contribution is 0.0516. The maximum Gasteiger partial charge on any atom is 0.407 e. The highest BCUT2D eigenvalue weighted by molar-refractivity contribution is 5.89. The van der Waals surface area contributed by atoms with Crippen molar-refractivity contribution in [3.05, 3.63) is 71.3 Å². The number of hydrogen-bond donors (Lipinski definition) is 2. The van der Waals surface area contributed by atoms with Crippen LogP contribution in [0.5, 0.6) is 0 Å². The molecule has 8 nitrogen and oxygen atoms in total. The Hall–Kier alpha value is -3.55. The lowest BCUT2D eigenvalue weighted by Crippen LogP contribution is -2.36. The van der Waals surface area contributed by atoms with Gasteiger partial charge in [-0.25, -0.2) is 14.4 Å². The summed E-state index contributed by atoms with van der Waals surface area (Å²) in [6.07, 6.45) is -0.803. The molecule has 0 heterocycles. The van der Waals surface area contributed by atoms with Gasteiger partial charge in [-0.3, -0.25) is 0 Å². The van der Waals surface area contributed by atoms with Crippen LogP contribution in [-0.4, -0.2) is 36.9 Å². The number of alkyl carbamates (subject to hydrolysis) is 2. The van der Waals surface area contributed by atoms with Crippen LogP contribution >= 0.6 is 0 Å². The van der Waals surface area contributed by atoms with Crippen molar-refractivity contribution in [1.29, 1.82) is 0 Å². The third-order valence-electron chi connectivity index (χ3n) is 4.41. The maximum absolute atomic E-state index is 12.5. The first-order valence-corrected chi connectivity index (χ1v) is 10.9. The summed E-state index contributed by atoms with van der Waals surface area (Å²) in [5.74, 6) is -0.448. The zero-order valence-electron chi connectivity index (χ0n) is 19.6. The Labute approximate surface area is 194 Å². The van der Waals surface area contributed by atoms with Gasteiger partial charge in [-0.2, -0.15) is 0 Å². The number of ether oxygens (including phenoxy) is 3.